The summed E-state index contributed by atoms with van der Waals surface area (Å²) in [5.74, 6) is 1.45. The fourth-order valence-corrected chi connectivity index (χ4v) is 2.52. The van der Waals surface area contributed by atoms with Gasteiger partial charge in [-0.3, -0.25) is 4.98 Å². The van der Waals surface area contributed by atoms with Crippen molar-refractivity contribution in [2.75, 3.05) is 13.7 Å². The van der Waals surface area contributed by atoms with Crippen LogP contribution in [0.25, 0.3) is 11.0 Å². The highest BCUT2D eigenvalue weighted by atomic mass is 16.5. The van der Waals surface area contributed by atoms with Gasteiger partial charge in [-0.2, -0.15) is 0 Å². The number of nitrogens with zero attached hydrogens (tertiary/aromatic N) is 1. The predicted molar refractivity (Wildman–Crippen MR) is 92.0 cm³/mol. The van der Waals surface area contributed by atoms with Gasteiger partial charge < -0.3 is 18.6 Å². The van der Waals surface area contributed by atoms with Gasteiger partial charge in [-0.1, -0.05) is 0 Å². The lowest BCUT2D eigenvalue weighted by Gasteiger charge is -2.07. The molecule has 0 saturated heterocycles. The van der Waals surface area contributed by atoms with Crippen LogP contribution in [0.1, 0.15) is 28.7 Å². The first kappa shape index (κ1) is 16.8. The largest absolute Gasteiger partial charge is 0.495 e. The molecule has 0 saturated carbocycles. The number of esters is 1. The minimum Gasteiger partial charge on any atom is -0.495 e. The van der Waals surface area contributed by atoms with Gasteiger partial charge in [-0.05, 0) is 44.2 Å². The summed E-state index contributed by atoms with van der Waals surface area (Å²) in [5.41, 5.74) is 1.83. The van der Waals surface area contributed by atoms with E-state index in [4.69, 9.17) is 18.6 Å². The van der Waals surface area contributed by atoms with Crippen molar-refractivity contribution in [3.05, 3.63) is 53.5 Å². The van der Waals surface area contributed by atoms with Crippen molar-refractivity contribution < 1.29 is 23.4 Å². The zero-order valence-corrected chi connectivity index (χ0v) is 14.4. The SMILES string of the molecule is CCOC(=O)c1c(C)oc2ccc(OCc3ccc(OC)cn3)cc12. The number of carbonyl (C=O) groups excluding carboxylic acids is 1. The Kier molecular flexibility index (Phi) is 4.88. The van der Waals surface area contributed by atoms with E-state index in [1.165, 1.54) is 0 Å². The van der Waals surface area contributed by atoms with E-state index in [0.717, 1.165) is 5.69 Å². The van der Waals surface area contributed by atoms with Crippen molar-refractivity contribution in [2.24, 2.45) is 0 Å². The van der Waals surface area contributed by atoms with Gasteiger partial charge in [0.05, 0.1) is 25.6 Å². The van der Waals surface area contributed by atoms with E-state index in [1.807, 2.05) is 12.1 Å². The summed E-state index contributed by atoms with van der Waals surface area (Å²) in [5, 5.41) is 0.677. The van der Waals surface area contributed by atoms with Crippen LogP contribution in [-0.4, -0.2) is 24.7 Å². The number of fused-ring (bicyclic) bond motifs is 1. The van der Waals surface area contributed by atoms with Crippen LogP contribution in [-0.2, 0) is 11.3 Å². The summed E-state index contributed by atoms with van der Waals surface area (Å²) in [6.07, 6.45) is 1.64. The lowest BCUT2D eigenvalue weighted by molar-refractivity contribution is 0.0526. The number of benzene rings is 1. The Morgan fingerprint density at radius 2 is 2.00 bits per heavy atom. The number of pyridine rings is 1. The first-order chi connectivity index (χ1) is 12.1. The molecule has 0 fully saturated rings. The van der Waals surface area contributed by atoms with E-state index in [9.17, 15) is 4.79 Å². The number of ether oxygens (including phenoxy) is 3. The molecule has 0 aliphatic heterocycles. The van der Waals surface area contributed by atoms with Gasteiger partial charge in [0.25, 0.3) is 0 Å². The molecule has 0 bridgehead atoms. The fraction of sp³-hybridized carbons (Fsp3) is 0.263. The number of aromatic nitrogens is 1. The molecule has 0 spiro atoms. The number of aryl methyl sites for hydroxylation is 1. The molecule has 6 nitrogen and oxygen atoms in total. The van der Waals surface area contributed by atoms with Crippen LogP contribution in [0.4, 0.5) is 0 Å². The predicted octanol–water partition coefficient (Wildman–Crippen LogP) is 3.90. The molecule has 0 atom stereocenters. The molecule has 0 unspecified atom stereocenters. The number of rotatable bonds is 6. The monoisotopic (exact) mass is 341 g/mol. The zero-order chi connectivity index (χ0) is 17.8. The van der Waals surface area contributed by atoms with Crippen LogP contribution < -0.4 is 9.47 Å². The summed E-state index contributed by atoms with van der Waals surface area (Å²) in [6.45, 7) is 4.13. The maximum Gasteiger partial charge on any atom is 0.342 e. The van der Waals surface area contributed by atoms with E-state index in [2.05, 4.69) is 4.98 Å². The number of methoxy groups -OCH3 is 1. The van der Waals surface area contributed by atoms with E-state index in [0.29, 0.717) is 47.0 Å². The highest BCUT2D eigenvalue weighted by molar-refractivity contribution is 6.04. The van der Waals surface area contributed by atoms with E-state index >= 15 is 0 Å². The Bertz CT molecular complexity index is 883. The van der Waals surface area contributed by atoms with Gasteiger partial charge in [0.1, 0.15) is 35.0 Å². The molecule has 0 amide bonds. The minimum absolute atomic E-state index is 0.307. The van der Waals surface area contributed by atoms with Crippen LogP contribution in [0.15, 0.2) is 40.9 Å². The molecule has 3 aromatic rings. The quantitative estimate of drug-likeness (QED) is 0.633. The first-order valence-corrected chi connectivity index (χ1v) is 7.94. The topological polar surface area (TPSA) is 70.8 Å². The van der Waals surface area contributed by atoms with Crippen molar-refractivity contribution in [1.82, 2.24) is 4.98 Å². The number of carbonyl (C=O) groups is 1. The van der Waals surface area contributed by atoms with Crippen molar-refractivity contribution in [2.45, 2.75) is 20.5 Å². The minimum atomic E-state index is -0.396. The molecular weight excluding hydrogens is 322 g/mol. The number of hydrogen-bond acceptors (Lipinski definition) is 6. The molecule has 6 heteroatoms. The average molecular weight is 341 g/mol. The van der Waals surface area contributed by atoms with Crippen molar-refractivity contribution in [3.8, 4) is 11.5 Å². The molecule has 2 aromatic heterocycles. The Balaban J connectivity index is 1.82. The first-order valence-electron chi connectivity index (χ1n) is 7.94. The standard InChI is InChI=1S/C19H19NO5/c1-4-23-19(21)18-12(2)25-17-8-7-14(9-16(17)18)24-11-13-5-6-15(22-3)10-20-13/h5-10H,4,11H2,1-3H3. The van der Waals surface area contributed by atoms with Gasteiger partial charge in [-0.15, -0.1) is 0 Å². The molecule has 0 N–H and O–H groups in total. The van der Waals surface area contributed by atoms with Gasteiger partial charge in [-0.25, -0.2) is 4.79 Å². The lowest BCUT2D eigenvalue weighted by atomic mass is 10.1. The van der Waals surface area contributed by atoms with Crippen molar-refractivity contribution in [1.29, 1.82) is 0 Å². The molecular formula is C19H19NO5. The Morgan fingerprint density at radius 1 is 1.20 bits per heavy atom. The summed E-state index contributed by atoms with van der Waals surface area (Å²) in [7, 11) is 1.59. The molecule has 0 aliphatic carbocycles. The highest BCUT2D eigenvalue weighted by Crippen LogP contribution is 2.30. The Labute approximate surface area is 145 Å². The maximum absolute atomic E-state index is 12.1. The van der Waals surface area contributed by atoms with Gasteiger partial charge in [0.2, 0.25) is 0 Å². The smallest absolute Gasteiger partial charge is 0.342 e. The Hall–Kier alpha value is -3.02. The van der Waals surface area contributed by atoms with Gasteiger partial charge in [0, 0.05) is 5.39 Å². The lowest BCUT2D eigenvalue weighted by Crippen LogP contribution is -2.05. The van der Waals surface area contributed by atoms with Gasteiger partial charge in [0.15, 0.2) is 0 Å². The maximum atomic E-state index is 12.1. The normalized spacial score (nSPS) is 10.7. The highest BCUT2D eigenvalue weighted by Gasteiger charge is 2.19. The second-order valence-corrected chi connectivity index (χ2v) is 5.39. The molecule has 3 rings (SSSR count). The molecule has 0 aliphatic rings. The zero-order valence-electron chi connectivity index (χ0n) is 14.4. The fourth-order valence-electron chi connectivity index (χ4n) is 2.52. The van der Waals surface area contributed by atoms with Crippen LogP contribution in [0.5, 0.6) is 11.5 Å². The third-order valence-electron chi connectivity index (χ3n) is 3.74. The second-order valence-electron chi connectivity index (χ2n) is 5.39. The summed E-state index contributed by atoms with van der Waals surface area (Å²) in [6, 6.07) is 9.02. The summed E-state index contributed by atoms with van der Waals surface area (Å²) in [4.78, 5) is 16.4. The molecule has 130 valence electrons. The van der Waals surface area contributed by atoms with Crippen LogP contribution in [0.3, 0.4) is 0 Å². The van der Waals surface area contributed by atoms with E-state index in [-0.39, 0.29) is 0 Å². The number of furan rings is 1. The number of hydrogen-bond donors (Lipinski definition) is 0. The van der Waals surface area contributed by atoms with Crippen LogP contribution in [0.2, 0.25) is 0 Å². The third kappa shape index (κ3) is 3.57. The summed E-state index contributed by atoms with van der Waals surface area (Å²) >= 11 is 0. The Morgan fingerprint density at radius 3 is 2.68 bits per heavy atom. The van der Waals surface area contributed by atoms with Crippen molar-refractivity contribution >= 4 is 16.9 Å². The van der Waals surface area contributed by atoms with E-state index < -0.39 is 5.97 Å². The third-order valence-corrected chi connectivity index (χ3v) is 3.74. The molecule has 2 heterocycles. The van der Waals surface area contributed by atoms with Crippen LogP contribution >= 0.6 is 0 Å². The molecule has 25 heavy (non-hydrogen) atoms. The van der Waals surface area contributed by atoms with Crippen LogP contribution in [0, 0.1) is 6.92 Å². The van der Waals surface area contributed by atoms with Gasteiger partial charge >= 0.3 is 5.97 Å². The average Bonchev–Trinajstić information content (AvgIpc) is 2.95. The second kappa shape index (κ2) is 7.25. The molecule has 0 radical (unpaired) electrons. The molecule has 1 aromatic carbocycles. The van der Waals surface area contributed by atoms with E-state index in [1.54, 1.807) is 45.4 Å². The summed E-state index contributed by atoms with van der Waals surface area (Å²) < 4.78 is 21.6. The van der Waals surface area contributed by atoms with Crippen molar-refractivity contribution in [3.63, 3.8) is 0 Å².